The average Bonchev–Trinajstić information content (AvgIpc) is 3.11. The van der Waals surface area contributed by atoms with Crippen molar-refractivity contribution in [3.8, 4) is 28.8 Å². The molecule has 6 heteroatoms. The van der Waals surface area contributed by atoms with Gasteiger partial charge in [-0.25, -0.2) is 4.98 Å². The maximum Gasteiger partial charge on any atom is 0.142 e. The molecule has 0 unspecified atom stereocenters. The van der Waals surface area contributed by atoms with Crippen molar-refractivity contribution in [1.82, 2.24) is 15.2 Å². The topological polar surface area (TPSA) is 105 Å². The Morgan fingerprint density at radius 3 is 2.84 bits per heavy atom. The second-order valence-electron chi connectivity index (χ2n) is 3.86. The van der Waals surface area contributed by atoms with Crippen LogP contribution in [-0.2, 0) is 0 Å². The standard InChI is InChI=1S/C13H9N5O/c14-7-9-8(12-2-1-5-19-12)6-11(17-13(9)15)10-3-4-16-18-10/h1-6H,(H2,15,17)(H,16,18). The fourth-order valence-corrected chi connectivity index (χ4v) is 1.84. The lowest BCUT2D eigenvalue weighted by Gasteiger charge is -2.06. The van der Waals surface area contributed by atoms with Crippen LogP contribution in [0, 0.1) is 11.3 Å². The molecule has 0 aliphatic heterocycles. The van der Waals surface area contributed by atoms with Crippen molar-refractivity contribution in [2.45, 2.75) is 0 Å². The zero-order valence-electron chi connectivity index (χ0n) is 9.79. The lowest BCUT2D eigenvalue weighted by Crippen LogP contribution is -1.99. The van der Waals surface area contributed by atoms with E-state index < -0.39 is 0 Å². The Morgan fingerprint density at radius 2 is 2.21 bits per heavy atom. The Kier molecular flexibility index (Phi) is 2.50. The molecule has 92 valence electrons. The molecule has 3 aromatic rings. The molecule has 0 radical (unpaired) electrons. The minimum atomic E-state index is 0.161. The van der Waals surface area contributed by atoms with Gasteiger partial charge in [-0.1, -0.05) is 0 Å². The molecule has 3 N–H and O–H groups in total. The fourth-order valence-electron chi connectivity index (χ4n) is 1.84. The first-order valence-corrected chi connectivity index (χ1v) is 5.54. The van der Waals surface area contributed by atoms with Crippen molar-refractivity contribution in [2.24, 2.45) is 0 Å². The number of nitrogens with zero attached hydrogens (tertiary/aromatic N) is 3. The molecule has 0 amide bonds. The van der Waals surface area contributed by atoms with Gasteiger partial charge in [0, 0.05) is 11.8 Å². The van der Waals surface area contributed by atoms with E-state index >= 15 is 0 Å². The molecule has 3 aromatic heterocycles. The molecule has 3 heterocycles. The summed E-state index contributed by atoms with van der Waals surface area (Å²) in [7, 11) is 0. The monoisotopic (exact) mass is 251 g/mol. The maximum atomic E-state index is 9.19. The highest BCUT2D eigenvalue weighted by Gasteiger charge is 2.15. The number of nitrogens with two attached hydrogens (primary N) is 1. The SMILES string of the molecule is N#Cc1c(-c2ccco2)cc(-c2cc[nH]n2)nc1N. The van der Waals surface area contributed by atoms with E-state index in [1.807, 2.05) is 6.07 Å². The van der Waals surface area contributed by atoms with E-state index in [2.05, 4.69) is 15.2 Å². The molecular weight excluding hydrogens is 242 g/mol. The zero-order valence-corrected chi connectivity index (χ0v) is 9.79. The summed E-state index contributed by atoms with van der Waals surface area (Å²) >= 11 is 0. The summed E-state index contributed by atoms with van der Waals surface area (Å²) in [5, 5.41) is 15.9. The van der Waals surface area contributed by atoms with Gasteiger partial charge in [-0.05, 0) is 24.3 Å². The summed E-state index contributed by atoms with van der Waals surface area (Å²) in [6.07, 6.45) is 3.24. The molecule has 0 saturated heterocycles. The van der Waals surface area contributed by atoms with E-state index in [9.17, 15) is 5.26 Å². The van der Waals surface area contributed by atoms with Gasteiger partial charge in [-0.15, -0.1) is 0 Å². The van der Waals surface area contributed by atoms with Crippen molar-refractivity contribution in [1.29, 1.82) is 5.26 Å². The predicted molar refractivity (Wildman–Crippen MR) is 68.6 cm³/mol. The minimum absolute atomic E-state index is 0.161. The van der Waals surface area contributed by atoms with Crippen molar-refractivity contribution in [3.05, 3.63) is 42.3 Å². The van der Waals surface area contributed by atoms with Crippen LogP contribution >= 0.6 is 0 Å². The zero-order chi connectivity index (χ0) is 13.2. The van der Waals surface area contributed by atoms with Crippen molar-refractivity contribution in [2.75, 3.05) is 5.73 Å². The third-order valence-corrected chi connectivity index (χ3v) is 2.71. The summed E-state index contributed by atoms with van der Waals surface area (Å²) in [5.41, 5.74) is 7.98. The van der Waals surface area contributed by atoms with E-state index in [-0.39, 0.29) is 5.82 Å². The lowest BCUT2D eigenvalue weighted by atomic mass is 10.1. The highest BCUT2D eigenvalue weighted by atomic mass is 16.3. The first kappa shape index (κ1) is 11.0. The lowest BCUT2D eigenvalue weighted by molar-refractivity contribution is 0.582. The molecule has 3 rings (SSSR count). The second kappa shape index (κ2) is 4.31. The Hall–Kier alpha value is -3.07. The number of nitrogen functional groups attached to an aromatic ring is 1. The van der Waals surface area contributed by atoms with Crippen molar-refractivity contribution < 1.29 is 4.42 Å². The first-order chi connectivity index (χ1) is 9.29. The van der Waals surface area contributed by atoms with E-state index in [1.54, 1.807) is 36.7 Å². The Bertz CT molecular complexity index is 738. The number of pyridine rings is 1. The summed E-state index contributed by atoms with van der Waals surface area (Å²) in [4.78, 5) is 4.19. The van der Waals surface area contributed by atoms with Crippen LogP contribution in [0.2, 0.25) is 0 Å². The normalized spacial score (nSPS) is 10.3. The molecular formula is C13H9N5O. The Labute approximate surface area is 108 Å². The molecule has 0 bridgehead atoms. The van der Waals surface area contributed by atoms with Crippen LogP contribution in [0.5, 0.6) is 0 Å². The van der Waals surface area contributed by atoms with Crippen LogP contribution in [0.15, 0.2) is 41.1 Å². The average molecular weight is 251 g/mol. The van der Waals surface area contributed by atoms with Crippen LogP contribution in [0.25, 0.3) is 22.7 Å². The smallest absolute Gasteiger partial charge is 0.142 e. The molecule has 0 spiro atoms. The molecule has 0 aromatic carbocycles. The van der Waals surface area contributed by atoms with E-state index in [0.29, 0.717) is 28.3 Å². The number of H-pyrrole nitrogens is 1. The highest BCUT2D eigenvalue weighted by Crippen LogP contribution is 2.30. The molecule has 19 heavy (non-hydrogen) atoms. The van der Waals surface area contributed by atoms with Crippen LogP contribution < -0.4 is 5.73 Å². The quantitative estimate of drug-likeness (QED) is 0.726. The molecule has 0 atom stereocenters. The van der Waals surface area contributed by atoms with Gasteiger partial charge in [-0.2, -0.15) is 10.4 Å². The highest BCUT2D eigenvalue weighted by molar-refractivity contribution is 5.76. The van der Waals surface area contributed by atoms with Gasteiger partial charge >= 0.3 is 0 Å². The Morgan fingerprint density at radius 1 is 1.32 bits per heavy atom. The minimum Gasteiger partial charge on any atom is -0.464 e. The number of nitrogens with one attached hydrogen (secondary N) is 1. The summed E-state index contributed by atoms with van der Waals surface area (Å²) < 4.78 is 5.33. The molecule has 0 saturated carbocycles. The van der Waals surface area contributed by atoms with E-state index in [4.69, 9.17) is 10.2 Å². The fraction of sp³-hybridized carbons (Fsp3) is 0. The number of nitriles is 1. The number of furan rings is 1. The van der Waals surface area contributed by atoms with Crippen LogP contribution in [0.1, 0.15) is 5.56 Å². The van der Waals surface area contributed by atoms with E-state index in [0.717, 1.165) is 0 Å². The van der Waals surface area contributed by atoms with Crippen LogP contribution in [0.4, 0.5) is 5.82 Å². The van der Waals surface area contributed by atoms with Gasteiger partial charge in [-0.3, -0.25) is 5.10 Å². The van der Waals surface area contributed by atoms with Gasteiger partial charge in [0.2, 0.25) is 0 Å². The van der Waals surface area contributed by atoms with Crippen LogP contribution in [-0.4, -0.2) is 15.2 Å². The molecule has 0 aliphatic carbocycles. The third kappa shape index (κ3) is 1.83. The van der Waals surface area contributed by atoms with Crippen molar-refractivity contribution in [3.63, 3.8) is 0 Å². The number of hydrogen-bond donors (Lipinski definition) is 2. The predicted octanol–water partition coefficient (Wildman–Crippen LogP) is 2.19. The van der Waals surface area contributed by atoms with Gasteiger partial charge in [0.05, 0.1) is 12.0 Å². The number of aromatic amines is 1. The number of hydrogen-bond acceptors (Lipinski definition) is 5. The molecule has 0 fully saturated rings. The second-order valence-corrected chi connectivity index (χ2v) is 3.86. The Balaban J connectivity index is 2.25. The van der Waals surface area contributed by atoms with Crippen LogP contribution in [0.3, 0.4) is 0 Å². The molecule has 6 nitrogen and oxygen atoms in total. The third-order valence-electron chi connectivity index (χ3n) is 2.71. The number of rotatable bonds is 2. The first-order valence-electron chi connectivity index (χ1n) is 5.54. The van der Waals surface area contributed by atoms with Gasteiger partial charge in [0.1, 0.15) is 28.9 Å². The number of anilines is 1. The number of aromatic nitrogens is 3. The van der Waals surface area contributed by atoms with Gasteiger partial charge in [0.25, 0.3) is 0 Å². The summed E-state index contributed by atoms with van der Waals surface area (Å²) in [6, 6.07) is 9.09. The van der Waals surface area contributed by atoms with Gasteiger partial charge < -0.3 is 10.2 Å². The maximum absolute atomic E-state index is 9.19. The van der Waals surface area contributed by atoms with E-state index in [1.165, 1.54) is 0 Å². The van der Waals surface area contributed by atoms with Crippen molar-refractivity contribution >= 4 is 5.82 Å². The summed E-state index contributed by atoms with van der Waals surface area (Å²) in [5.74, 6) is 0.733. The largest absolute Gasteiger partial charge is 0.464 e. The summed E-state index contributed by atoms with van der Waals surface area (Å²) in [6.45, 7) is 0. The van der Waals surface area contributed by atoms with Gasteiger partial charge in [0.15, 0.2) is 0 Å². The molecule has 0 aliphatic rings.